The molecule has 0 bridgehead atoms. The van der Waals surface area contributed by atoms with Crippen LogP contribution in [0.4, 0.5) is 5.00 Å². The highest BCUT2D eigenvalue weighted by Gasteiger charge is 2.21. The molecular weight excluding hydrogens is 444 g/mol. The highest BCUT2D eigenvalue weighted by molar-refractivity contribution is 9.10. The van der Waals surface area contributed by atoms with Crippen molar-refractivity contribution < 1.29 is 19.1 Å². The summed E-state index contributed by atoms with van der Waals surface area (Å²) in [5.41, 5.74) is 7.26. The normalized spacial score (nSPS) is 16.2. The quantitative estimate of drug-likeness (QED) is 0.636. The van der Waals surface area contributed by atoms with Crippen molar-refractivity contribution in [2.24, 2.45) is 5.73 Å². The van der Waals surface area contributed by atoms with Crippen LogP contribution in [-0.4, -0.2) is 31.1 Å². The lowest BCUT2D eigenvalue weighted by Gasteiger charge is -2.13. The lowest BCUT2D eigenvalue weighted by molar-refractivity contribution is 0.0677. The van der Waals surface area contributed by atoms with Gasteiger partial charge in [-0.2, -0.15) is 0 Å². The molecule has 1 aromatic heterocycles. The lowest BCUT2D eigenvalue weighted by atomic mass is 10.1. The largest absolute Gasteiger partial charge is 0.490 e. The summed E-state index contributed by atoms with van der Waals surface area (Å²) in [6.45, 7) is 5.14. The van der Waals surface area contributed by atoms with Gasteiger partial charge in [-0.05, 0) is 65.9 Å². The number of aryl methyl sites for hydroxylation is 1. The fourth-order valence-electron chi connectivity index (χ4n) is 3.25. The van der Waals surface area contributed by atoms with Crippen LogP contribution < -0.4 is 15.8 Å². The third-order valence-corrected chi connectivity index (χ3v) is 6.36. The van der Waals surface area contributed by atoms with Gasteiger partial charge in [0.15, 0.2) is 0 Å². The predicted molar refractivity (Wildman–Crippen MR) is 114 cm³/mol. The summed E-state index contributed by atoms with van der Waals surface area (Å²) in [5.74, 6) is -0.182. The molecule has 3 N–H and O–H groups in total. The van der Waals surface area contributed by atoms with Gasteiger partial charge in [0.2, 0.25) is 0 Å². The molecule has 150 valence electrons. The maximum Gasteiger partial charge on any atom is 0.256 e. The summed E-state index contributed by atoms with van der Waals surface area (Å²) < 4.78 is 12.0. The van der Waals surface area contributed by atoms with E-state index in [1.807, 2.05) is 13.8 Å². The molecular formula is C20H23BrN2O4S. The van der Waals surface area contributed by atoms with Crippen molar-refractivity contribution in [3.63, 3.8) is 0 Å². The van der Waals surface area contributed by atoms with Gasteiger partial charge in [0.1, 0.15) is 17.4 Å². The van der Waals surface area contributed by atoms with Crippen molar-refractivity contribution in [3.8, 4) is 5.75 Å². The second kappa shape index (κ2) is 9.07. The van der Waals surface area contributed by atoms with Crippen LogP contribution in [0.5, 0.6) is 5.75 Å². The van der Waals surface area contributed by atoms with Gasteiger partial charge < -0.3 is 20.5 Å². The molecule has 0 aliphatic carbocycles. The summed E-state index contributed by atoms with van der Waals surface area (Å²) in [5, 5.41) is 3.31. The van der Waals surface area contributed by atoms with E-state index in [0.717, 1.165) is 29.9 Å². The highest BCUT2D eigenvalue weighted by Crippen LogP contribution is 2.34. The van der Waals surface area contributed by atoms with Gasteiger partial charge in [-0.3, -0.25) is 9.59 Å². The first-order valence-electron chi connectivity index (χ1n) is 9.18. The number of benzene rings is 1. The summed E-state index contributed by atoms with van der Waals surface area (Å²) in [6.07, 6.45) is 2.86. The van der Waals surface area contributed by atoms with Crippen molar-refractivity contribution in [1.29, 1.82) is 0 Å². The zero-order valence-corrected chi connectivity index (χ0v) is 18.2. The number of rotatable bonds is 7. The van der Waals surface area contributed by atoms with Gasteiger partial charge in [-0.25, -0.2) is 0 Å². The molecule has 0 spiro atoms. The molecule has 1 aliphatic rings. The summed E-state index contributed by atoms with van der Waals surface area (Å²) >= 11 is 4.82. The minimum atomic E-state index is -0.532. The van der Waals surface area contributed by atoms with Crippen LogP contribution in [0.3, 0.4) is 0 Å². The molecule has 0 radical (unpaired) electrons. The Morgan fingerprint density at radius 2 is 2.21 bits per heavy atom. The van der Waals surface area contributed by atoms with Crippen LogP contribution in [0.1, 0.15) is 50.9 Å². The Bertz CT molecular complexity index is 891. The first-order chi connectivity index (χ1) is 13.4. The Hall–Kier alpha value is -1.90. The Morgan fingerprint density at radius 1 is 1.43 bits per heavy atom. The Labute approximate surface area is 176 Å². The van der Waals surface area contributed by atoms with E-state index in [-0.39, 0.29) is 12.0 Å². The topological polar surface area (TPSA) is 90.7 Å². The van der Waals surface area contributed by atoms with Crippen LogP contribution >= 0.6 is 27.3 Å². The molecule has 0 saturated carbocycles. The SMILES string of the molecule is CCc1c(C)sc(NC(=O)c2ccc(OCC3CCCO3)c(Br)c2)c1C(N)=O. The Balaban J connectivity index is 1.73. The fourth-order valence-corrected chi connectivity index (χ4v) is 4.88. The predicted octanol–water partition coefficient (Wildman–Crippen LogP) is 4.29. The number of hydrogen-bond acceptors (Lipinski definition) is 5. The average molecular weight is 467 g/mol. The van der Waals surface area contributed by atoms with E-state index in [9.17, 15) is 9.59 Å². The number of hydrogen-bond donors (Lipinski definition) is 2. The molecule has 1 saturated heterocycles. The van der Waals surface area contributed by atoms with Gasteiger partial charge in [-0.15, -0.1) is 11.3 Å². The molecule has 2 amide bonds. The van der Waals surface area contributed by atoms with Crippen LogP contribution in [0.2, 0.25) is 0 Å². The van der Waals surface area contributed by atoms with Crippen molar-refractivity contribution in [3.05, 3.63) is 44.2 Å². The number of thiophene rings is 1. The number of carbonyl (C=O) groups excluding carboxylic acids is 2. The molecule has 2 heterocycles. The number of anilines is 1. The summed E-state index contributed by atoms with van der Waals surface area (Å²) in [7, 11) is 0. The van der Waals surface area contributed by atoms with Crippen LogP contribution in [0, 0.1) is 6.92 Å². The number of primary amides is 1. The standard InChI is InChI=1S/C20H23BrN2O4S/c1-3-14-11(2)28-20(17(14)18(22)24)23-19(25)12-6-7-16(15(21)9-12)27-10-13-5-4-8-26-13/h6-7,9,13H,3-5,8,10H2,1-2H3,(H2,22,24)(H,23,25). The average Bonchev–Trinajstić information content (AvgIpc) is 3.27. The number of halogens is 1. The second-order valence-electron chi connectivity index (χ2n) is 6.60. The molecule has 3 rings (SSSR count). The fraction of sp³-hybridized carbons (Fsp3) is 0.400. The highest BCUT2D eigenvalue weighted by atomic mass is 79.9. The van der Waals surface area contributed by atoms with E-state index in [4.69, 9.17) is 15.2 Å². The van der Waals surface area contributed by atoms with E-state index in [1.54, 1.807) is 18.2 Å². The number of ether oxygens (including phenoxy) is 2. The second-order valence-corrected chi connectivity index (χ2v) is 8.68. The molecule has 6 nitrogen and oxygen atoms in total. The van der Waals surface area contributed by atoms with Crippen LogP contribution in [0.15, 0.2) is 22.7 Å². The smallest absolute Gasteiger partial charge is 0.256 e. The van der Waals surface area contributed by atoms with Gasteiger partial charge in [0.25, 0.3) is 11.8 Å². The molecule has 1 atom stereocenters. The Morgan fingerprint density at radius 3 is 2.82 bits per heavy atom. The maximum atomic E-state index is 12.7. The van der Waals surface area contributed by atoms with Crippen molar-refractivity contribution >= 4 is 44.1 Å². The van der Waals surface area contributed by atoms with E-state index in [2.05, 4.69) is 21.2 Å². The van der Waals surface area contributed by atoms with E-state index < -0.39 is 5.91 Å². The summed E-state index contributed by atoms with van der Waals surface area (Å²) in [6, 6.07) is 5.14. The minimum absolute atomic E-state index is 0.122. The number of nitrogens with one attached hydrogen (secondary N) is 1. The molecule has 1 aliphatic heterocycles. The van der Waals surface area contributed by atoms with Crippen molar-refractivity contribution in [1.82, 2.24) is 0 Å². The lowest BCUT2D eigenvalue weighted by Crippen LogP contribution is -2.18. The van der Waals surface area contributed by atoms with Crippen LogP contribution in [-0.2, 0) is 11.2 Å². The van der Waals surface area contributed by atoms with Gasteiger partial charge in [0.05, 0.1) is 16.1 Å². The van der Waals surface area contributed by atoms with Crippen LogP contribution in [0.25, 0.3) is 0 Å². The van der Waals surface area contributed by atoms with Crippen molar-refractivity contribution in [2.45, 2.75) is 39.2 Å². The molecule has 1 unspecified atom stereocenters. The number of nitrogens with two attached hydrogens (primary N) is 1. The third kappa shape index (κ3) is 4.56. The number of carbonyl (C=O) groups is 2. The van der Waals surface area contributed by atoms with Crippen molar-refractivity contribution in [2.75, 3.05) is 18.5 Å². The molecule has 8 heteroatoms. The molecule has 1 aromatic carbocycles. The van der Waals surface area contributed by atoms with Gasteiger partial charge in [-0.1, -0.05) is 6.92 Å². The molecule has 1 fully saturated rings. The molecule has 28 heavy (non-hydrogen) atoms. The van der Waals surface area contributed by atoms with E-state index in [0.29, 0.717) is 39.4 Å². The van der Waals surface area contributed by atoms with Gasteiger partial charge >= 0.3 is 0 Å². The van der Waals surface area contributed by atoms with E-state index in [1.165, 1.54) is 11.3 Å². The monoisotopic (exact) mass is 466 g/mol. The Kier molecular flexibility index (Phi) is 6.74. The zero-order valence-electron chi connectivity index (χ0n) is 15.8. The minimum Gasteiger partial charge on any atom is -0.490 e. The molecule has 2 aromatic rings. The summed E-state index contributed by atoms with van der Waals surface area (Å²) in [4.78, 5) is 25.5. The maximum absolute atomic E-state index is 12.7. The first kappa shape index (κ1) is 20.8. The van der Waals surface area contributed by atoms with E-state index >= 15 is 0 Å². The third-order valence-electron chi connectivity index (χ3n) is 4.68. The first-order valence-corrected chi connectivity index (χ1v) is 10.8. The number of amides is 2. The zero-order chi connectivity index (χ0) is 20.3. The van der Waals surface area contributed by atoms with Gasteiger partial charge in [0, 0.05) is 17.0 Å².